The Morgan fingerprint density at radius 1 is 1.00 bits per heavy atom. The molecule has 8 nitrogen and oxygen atoms in total. The number of rotatable bonds is 6. The molecule has 0 spiro atoms. The number of methoxy groups -OCH3 is 2. The molecule has 0 amide bonds. The molecule has 8 heteroatoms. The second-order valence-electron chi connectivity index (χ2n) is 5.11. The van der Waals surface area contributed by atoms with Crippen molar-refractivity contribution < 1.29 is 19.0 Å². The second kappa shape index (κ2) is 7.93. The standard InChI is InChI=1S/C18H16N4O4/c1-24-15-6-4-14(5-7-15)18(23)26-16-8-3-13(9-17(16)25-2)10-21-22-11-19-20-12-22/h3-12H,1-2H3/b21-10+. The van der Waals surface area contributed by atoms with Crippen LogP contribution in [0.15, 0.2) is 60.2 Å². The monoisotopic (exact) mass is 352 g/mol. The molecule has 3 rings (SSSR count). The number of esters is 1. The van der Waals surface area contributed by atoms with Crippen LogP contribution < -0.4 is 14.2 Å². The first-order chi connectivity index (χ1) is 12.7. The third kappa shape index (κ3) is 4.04. The van der Waals surface area contributed by atoms with Crippen LogP contribution in [0.5, 0.6) is 17.2 Å². The molecule has 0 bridgehead atoms. The minimum atomic E-state index is -0.489. The van der Waals surface area contributed by atoms with Gasteiger partial charge in [-0.15, -0.1) is 10.2 Å². The SMILES string of the molecule is COc1ccc(C(=O)Oc2ccc(/C=N/n3cnnc3)cc2OC)cc1. The van der Waals surface area contributed by atoms with Gasteiger partial charge in [0.2, 0.25) is 0 Å². The third-order valence-corrected chi connectivity index (χ3v) is 3.46. The van der Waals surface area contributed by atoms with Crippen molar-refractivity contribution in [3.8, 4) is 17.2 Å². The predicted molar refractivity (Wildman–Crippen MR) is 94.0 cm³/mol. The maximum Gasteiger partial charge on any atom is 0.343 e. The largest absolute Gasteiger partial charge is 0.497 e. The van der Waals surface area contributed by atoms with Gasteiger partial charge in [0.25, 0.3) is 0 Å². The van der Waals surface area contributed by atoms with Crippen LogP contribution in [0.4, 0.5) is 0 Å². The Bertz CT molecular complexity index is 905. The minimum absolute atomic E-state index is 0.315. The summed E-state index contributed by atoms with van der Waals surface area (Å²) in [6.07, 6.45) is 4.55. The van der Waals surface area contributed by atoms with E-state index >= 15 is 0 Å². The number of ether oxygens (including phenoxy) is 3. The lowest BCUT2D eigenvalue weighted by atomic mass is 10.2. The van der Waals surface area contributed by atoms with Crippen LogP contribution in [0.2, 0.25) is 0 Å². The minimum Gasteiger partial charge on any atom is -0.497 e. The van der Waals surface area contributed by atoms with Crippen molar-refractivity contribution in [2.45, 2.75) is 0 Å². The molecule has 3 aromatic rings. The van der Waals surface area contributed by atoms with Crippen molar-refractivity contribution in [1.82, 2.24) is 14.9 Å². The summed E-state index contributed by atoms with van der Waals surface area (Å²) in [5.41, 5.74) is 1.17. The van der Waals surface area contributed by atoms with Gasteiger partial charge in [-0.05, 0) is 48.0 Å². The smallest absolute Gasteiger partial charge is 0.343 e. The molecule has 0 atom stereocenters. The predicted octanol–water partition coefficient (Wildman–Crippen LogP) is 2.40. The quantitative estimate of drug-likeness (QED) is 0.384. The topological polar surface area (TPSA) is 87.8 Å². The fourth-order valence-electron chi connectivity index (χ4n) is 2.12. The summed E-state index contributed by atoms with van der Waals surface area (Å²) in [6.45, 7) is 0. The Balaban J connectivity index is 1.75. The number of aromatic nitrogens is 3. The van der Waals surface area contributed by atoms with Crippen molar-refractivity contribution in [3.63, 3.8) is 0 Å². The summed E-state index contributed by atoms with van der Waals surface area (Å²) >= 11 is 0. The van der Waals surface area contributed by atoms with Crippen molar-refractivity contribution >= 4 is 12.2 Å². The highest BCUT2D eigenvalue weighted by atomic mass is 16.6. The molecule has 26 heavy (non-hydrogen) atoms. The van der Waals surface area contributed by atoms with Gasteiger partial charge in [-0.1, -0.05) is 0 Å². The maximum absolute atomic E-state index is 12.3. The van der Waals surface area contributed by atoms with Crippen molar-refractivity contribution in [1.29, 1.82) is 0 Å². The number of carbonyl (C=O) groups is 1. The van der Waals surface area contributed by atoms with E-state index in [1.807, 2.05) is 0 Å². The Morgan fingerprint density at radius 2 is 1.73 bits per heavy atom. The molecule has 0 aliphatic carbocycles. The molecule has 0 radical (unpaired) electrons. The highest BCUT2D eigenvalue weighted by molar-refractivity contribution is 5.91. The van der Waals surface area contributed by atoms with Gasteiger partial charge in [-0.25, -0.2) is 9.47 Å². The molecule has 0 saturated heterocycles. The van der Waals surface area contributed by atoms with Crippen LogP contribution in [-0.2, 0) is 0 Å². The van der Waals surface area contributed by atoms with Crippen LogP contribution in [0.1, 0.15) is 15.9 Å². The molecule has 1 aromatic heterocycles. The Labute approximate surface area is 149 Å². The average molecular weight is 352 g/mol. The van der Waals surface area contributed by atoms with Gasteiger partial charge in [0.05, 0.1) is 26.0 Å². The molecule has 0 unspecified atom stereocenters. The summed E-state index contributed by atoms with van der Waals surface area (Å²) in [7, 11) is 3.06. The molecule has 2 aromatic carbocycles. The summed E-state index contributed by atoms with van der Waals surface area (Å²) in [5.74, 6) is 0.905. The number of carbonyl (C=O) groups excluding carboxylic acids is 1. The first-order valence-corrected chi connectivity index (χ1v) is 7.63. The zero-order chi connectivity index (χ0) is 18.4. The van der Waals surface area contributed by atoms with E-state index < -0.39 is 5.97 Å². The van der Waals surface area contributed by atoms with E-state index in [0.29, 0.717) is 22.8 Å². The third-order valence-electron chi connectivity index (χ3n) is 3.46. The first kappa shape index (κ1) is 17.2. The molecule has 0 aliphatic rings. The van der Waals surface area contributed by atoms with Crippen LogP contribution in [0.3, 0.4) is 0 Å². The highest BCUT2D eigenvalue weighted by Gasteiger charge is 2.13. The molecule has 0 fully saturated rings. The lowest BCUT2D eigenvalue weighted by Gasteiger charge is -2.10. The van der Waals surface area contributed by atoms with Gasteiger partial charge in [0, 0.05) is 0 Å². The van der Waals surface area contributed by atoms with Gasteiger partial charge in [0.15, 0.2) is 11.5 Å². The molecule has 132 valence electrons. The summed E-state index contributed by atoms with van der Waals surface area (Å²) < 4.78 is 17.3. The van der Waals surface area contributed by atoms with Gasteiger partial charge >= 0.3 is 5.97 Å². The number of hydrogen-bond donors (Lipinski definition) is 0. The molecular formula is C18H16N4O4. The zero-order valence-corrected chi connectivity index (χ0v) is 14.2. The number of nitrogens with zero attached hydrogens (tertiary/aromatic N) is 4. The summed E-state index contributed by atoms with van der Waals surface area (Å²) in [4.78, 5) is 12.3. The molecule has 0 saturated carbocycles. The zero-order valence-electron chi connectivity index (χ0n) is 14.2. The van der Waals surface area contributed by atoms with E-state index in [1.165, 1.54) is 24.4 Å². The van der Waals surface area contributed by atoms with E-state index in [-0.39, 0.29) is 0 Å². The molecular weight excluding hydrogens is 336 g/mol. The van der Waals surface area contributed by atoms with E-state index in [1.54, 1.807) is 55.8 Å². The Hall–Kier alpha value is -3.68. The van der Waals surface area contributed by atoms with Crippen molar-refractivity contribution in [3.05, 3.63) is 66.2 Å². The van der Waals surface area contributed by atoms with E-state index in [4.69, 9.17) is 14.2 Å². The molecule has 1 heterocycles. The maximum atomic E-state index is 12.3. The summed E-state index contributed by atoms with van der Waals surface area (Å²) in [5, 5.41) is 11.5. The molecule has 0 N–H and O–H groups in total. The summed E-state index contributed by atoms with van der Waals surface area (Å²) in [6, 6.07) is 11.8. The lowest BCUT2D eigenvalue weighted by Crippen LogP contribution is -2.09. The highest BCUT2D eigenvalue weighted by Crippen LogP contribution is 2.28. The van der Waals surface area contributed by atoms with Crippen molar-refractivity contribution in [2.24, 2.45) is 5.10 Å². The van der Waals surface area contributed by atoms with Gasteiger partial charge in [0.1, 0.15) is 18.4 Å². The van der Waals surface area contributed by atoms with E-state index in [0.717, 1.165) is 5.56 Å². The Kier molecular flexibility index (Phi) is 5.23. The fourth-order valence-corrected chi connectivity index (χ4v) is 2.12. The van der Waals surface area contributed by atoms with E-state index in [9.17, 15) is 4.79 Å². The second-order valence-corrected chi connectivity index (χ2v) is 5.11. The van der Waals surface area contributed by atoms with E-state index in [2.05, 4.69) is 15.3 Å². The number of hydrogen-bond acceptors (Lipinski definition) is 7. The van der Waals surface area contributed by atoms with Crippen LogP contribution >= 0.6 is 0 Å². The van der Waals surface area contributed by atoms with Crippen molar-refractivity contribution in [2.75, 3.05) is 14.2 Å². The van der Waals surface area contributed by atoms with Gasteiger partial charge < -0.3 is 14.2 Å². The first-order valence-electron chi connectivity index (χ1n) is 7.63. The fraction of sp³-hybridized carbons (Fsp3) is 0.111. The van der Waals surface area contributed by atoms with Gasteiger partial charge in [-0.2, -0.15) is 5.10 Å². The lowest BCUT2D eigenvalue weighted by molar-refractivity contribution is 0.0729. The normalized spacial score (nSPS) is 10.7. The van der Waals surface area contributed by atoms with Crippen LogP contribution in [0, 0.1) is 0 Å². The Morgan fingerprint density at radius 3 is 2.38 bits per heavy atom. The van der Waals surface area contributed by atoms with Crippen LogP contribution in [-0.4, -0.2) is 41.3 Å². The van der Waals surface area contributed by atoms with Gasteiger partial charge in [-0.3, -0.25) is 0 Å². The van der Waals surface area contributed by atoms with Crippen LogP contribution in [0.25, 0.3) is 0 Å². The number of benzene rings is 2. The average Bonchev–Trinajstić information content (AvgIpc) is 3.20. The molecule has 0 aliphatic heterocycles.